The molecule has 1 amide bonds. The molecule has 0 spiro atoms. The molecule has 0 bridgehead atoms. The van der Waals surface area contributed by atoms with Crippen LogP contribution in [0.3, 0.4) is 0 Å². The number of nitrogens with zero attached hydrogens (tertiary/aromatic N) is 3. The van der Waals surface area contributed by atoms with Crippen LogP contribution in [-0.4, -0.2) is 41.9 Å². The summed E-state index contributed by atoms with van der Waals surface area (Å²) in [5, 5.41) is 9.43. The Labute approximate surface area is 163 Å². The Morgan fingerprint density at radius 3 is 2.74 bits per heavy atom. The lowest BCUT2D eigenvalue weighted by Crippen LogP contribution is -2.49. The summed E-state index contributed by atoms with van der Waals surface area (Å²) >= 11 is 1.48. The van der Waals surface area contributed by atoms with Crippen molar-refractivity contribution in [2.75, 3.05) is 13.1 Å². The van der Waals surface area contributed by atoms with E-state index in [2.05, 4.69) is 15.5 Å². The van der Waals surface area contributed by atoms with Crippen LogP contribution in [0.25, 0.3) is 0 Å². The quantitative estimate of drug-likeness (QED) is 0.807. The van der Waals surface area contributed by atoms with Gasteiger partial charge < -0.3 is 9.84 Å². The largest absolute Gasteiger partial charge is 0.360 e. The van der Waals surface area contributed by atoms with Crippen molar-refractivity contribution in [2.45, 2.75) is 51.0 Å². The molecule has 1 N–H and O–H groups in total. The fourth-order valence-corrected chi connectivity index (χ4v) is 5.88. The van der Waals surface area contributed by atoms with Gasteiger partial charge in [0.25, 0.3) is 0 Å². The molecule has 148 valence electrons. The monoisotopic (exact) mass is 412 g/mol. The summed E-state index contributed by atoms with van der Waals surface area (Å²) in [4.78, 5) is 17.2. The Kier molecular flexibility index (Phi) is 5.42. The predicted octanol–water partition coefficient (Wildman–Crippen LogP) is 2.20. The van der Waals surface area contributed by atoms with E-state index in [1.807, 2.05) is 19.2 Å². The molecule has 0 radical (unpaired) electrons. The van der Waals surface area contributed by atoms with E-state index in [9.17, 15) is 13.2 Å². The van der Waals surface area contributed by atoms with Crippen LogP contribution in [0.5, 0.6) is 0 Å². The highest BCUT2D eigenvalue weighted by molar-refractivity contribution is 7.89. The maximum atomic E-state index is 13.0. The minimum absolute atomic E-state index is 0.103. The number of hydrogen-bond donors (Lipinski definition) is 1. The zero-order valence-electron chi connectivity index (χ0n) is 15.9. The first kappa shape index (κ1) is 20.0. The van der Waals surface area contributed by atoms with E-state index in [0.29, 0.717) is 25.1 Å². The van der Waals surface area contributed by atoms with Crippen molar-refractivity contribution < 1.29 is 17.7 Å². The van der Waals surface area contributed by atoms with Gasteiger partial charge in [0.2, 0.25) is 15.9 Å². The zero-order chi connectivity index (χ0) is 19.8. The summed E-state index contributed by atoms with van der Waals surface area (Å²) in [5.74, 6) is -0.300. The van der Waals surface area contributed by atoms with Gasteiger partial charge in [-0.3, -0.25) is 4.79 Å². The van der Waals surface area contributed by atoms with Gasteiger partial charge in [-0.15, -0.1) is 11.3 Å². The summed E-state index contributed by atoms with van der Waals surface area (Å²) in [5.41, 5.74) is -0.266. The van der Waals surface area contributed by atoms with Crippen LogP contribution < -0.4 is 5.32 Å². The summed E-state index contributed by atoms with van der Waals surface area (Å²) in [7, 11) is -3.75. The highest BCUT2D eigenvalue weighted by atomic mass is 32.2. The lowest BCUT2D eigenvalue weighted by molar-refractivity contribution is -0.127. The summed E-state index contributed by atoms with van der Waals surface area (Å²) in [6.45, 7) is 7.50. The summed E-state index contributed by atoms with van der Waals surface area (Å²) in [6, 6.07) is 0. The van der Waals surface area contributed by atoms with Crippen LogP contribution in [-0.2, 0) is 20.4 Å². The van der Waals surface area contributed by atoms with Gasteiger partial charge in [-0.1, -0.05) is 5.16 Å². The highest BCUT2D eigenvalue weighted by Crippen LogP contribution is 2.29. The smallest absolute Gasteiger partial charge is 0.248 e. The summed E-state index contributed by atoms with van der Waals surface area (Å²) < 4.78 is 32.4. The number of amides is 1. The van der Waals surface area contributed by atoms with E-state index in [1.54, 1.807) is 20.0 Å². The number of aryl methyl sites for hydroxylation is 2. The lowest BCUT2D eigenvalue weighted by atomic mass is 9.96. The number of rotatable bonds is 5. The van der Waals surface area contributed by atoms with Crippen molar-refractivity contribution in [3.8, 4) is 0 Å². The number of sulfonamides is 1. The van der Waals surface area contributed by atoms with Crippen molar-refractivity contribution in [3.63, 3.8) is 0 Å². The fraction of sp³-hybridized carbons (Fsp3) is 0.588. The molecular weight excluding hydrogens is 388 g/mol. The molecule has 2 aromatic heterocycles. The molecule has 0 saturated carbocycles. The molecule has 0 aliphatic carbocycles. The molecule has 1 fully saturated rings. The predicted molar refractivity (Wildman–Crippen MR) is 101 cm³/mol. The van der Waals surface area contributed by atoms with E-state index in [1.165, 1.54) is 15.6 Å². The normalized spacial score (nSPS) is 19.2. The van der Waals surface area contributed by atoms with Crippen molar-refractivity contribution in [3.05, 3.63) is 28.0 Å². The number of carbonyl (C=O) groups excluding carboxylic acids is 1. The second kappa shape index (κ2) is 7.33. The molecule has 1 aliphatic rings. The topological polar surface area (TPSA) is 105 Å². The van der Waals surface area contributed by atoms with Crippen molar-refractivity contribution in [1.82, 2.24) is 19.8 Å². The molecule has 3 heterocycles. The van der Waals surface area contributed by atoms with Gasteiger partial charge in [0, 0.05) is 24.7 Å². The maximum Gasteiger partial charge on any atom is 0.248 e. The number of hydrogen-bond acceptors (Lipinski definition) is 7. The first-order valence-corrected chi connectivity index (χ1v) is 11.1. The van der Waals surface area contributed by atoms with Gasteiger partial charge in [0.1, 0.15) is 15.6 Å². The third kappa shape index (κ3) is 3.92. The summed E-state index contributed by atoms with van der Waals surface area (Å²) in [6.07, 6.45) is 2.97. The van der Waals surface area contributed by atoms with E-state index in [0.717, 1.165) is 5.01 Å². The SMILES string of the molecule is Cc1noc(C)c1S(=O)(=O)N1CCCC(C(=O)NC(C)(C)c2nccs2)C1. The van der Waals surface area contributed by atoms with Crippen LogP contribution in [0.15, 0.2) is 21.0 Å². The molecule has 10 heteroatoms. The van der Waals surface area contributed by atoms with Crippen LogP contribution in [0.2, 0.25) is 0 Å². The molecule has 1 saturated heterocycles. The number of carbonyl (C=O) groups is 1. The molecule has 27 heavy (non-hydrogen) atoms. The minimum Gasteiger partial charge on any atom is -0.360 e. The van der Waals surface area contributed by atoms with E-state index >= 15 is 0 Å². The standard InChI is InChI=1S/C17H24N4O4S2/c1-11-14(12(2)25-20-11)27(23,24)21-8-5-6-13(10-21)15(22)19-17(3,4)16-18-7-9-26-16/h7,9,13H,5-6,8,10H2,1-4H3,(H,19,22). The second-order valence-electron chi connectivity index (χ2n) is 7.31. The molecule has 2 aromatic rings. The Balaban J connectivity index is 1.75. The Bertz CT molecular complexity index is 899. The van der Waals surface area contributed by atoms with Crippen LogP contribution in [0.4, 0.5) is 0 Å². The molecule has 0 aromatic carbocycles. The van der Waals surface area contributed by atoms with Crippen molar-refractivity contribution in [2.24, 2.45) is 5.92 Å². The van der Waals surface area contributed by atoms with E-state index < -0.39 is 21.5 Å². The average molecular weight is 413 g/mol. The lowest BCUT2D eigenvalue weighted by Gasteiger charge is -2.33. The molecule has 1 aliphatic heterocycles. The molecule has 8 nitrogen and oxygen atoms in total. The first-order chi connectivity index (χ1) is 12.6. The van der Waals surface area contributed by atoms with E-state index in [4.69, 9.17) is 4.52 Å². The van der Waals surface area contributed by atoms with Gasteiger partial charge >= 0.3 is 0 Å². The Morgan fingerprint density at radius 2 is 2.15 bits per heavy atom. The third-order valence-electron chi connectivity index (χ3n) is 4.72. The average Bonchev–Trinajstić information content (AvgIpc) is 3.25. The zero-order valence-corrected chi connectivity index (χ0v) is 17.5. The van der Waals surface area contributed by atoms with Crippen LogP contribution >= 0.6 is 11.3 Å². The number of piperidine rings is 1. The highest BCUT2D eigenvalue weighted by Gasteiger charge is 2.38. The minimum atomic E-state index is -3.75. The number of thiazole rings is 1. The maximum absolute atomic E-state index is 13.0. The van der Waals surface area contributed by atoms with Gasteiger partial charge in [-0.25, -0.2) is 13.4 Å². The van der Waals surface area contributed by atoms with Gasteiger partial charge in [-0.05, 0) is 40.5 Å². The van der Waals surface area contributed by atoms with Gasteiger partial charge in [0.05, 0.1) is 11.5 Å². The van der Waals surface area contributed by atoms with Crippen molar-refractivity contribution >= 4 is 27.3 Å². The van der Waals surface area contributed by atoms with Crippen molar-refractivity contribution in [1.29, 1.82) is 0 Å². The molecule has 3 rings (SSSR count). The van der Waals surface area contributed by atoms with Crippen LogP contribution in [0, 0.1) is 19.8 Å². The number of aromatic nitrogens is 2. The van der Waals surface area contributed by atoms with E-state index in [-0.39, 0.29) is 23.1 Å². The Morgan fingerprint density at radius 1 is 1.41 bits per heavy atom. The first-order valence-electron chi connectivity index (χ1n) is 8.78. The molecular formula is C17H24N4O4S2. The fourth-order valence-electron chi connectivity index (χ4n) is 3.34. The van der Waals surface area contributed by atoms with Gasteiger partial charge in [0.15, 0.2) is 5.76 Å². The third-order valence-corrected chi connectivity index (χ3v) is 7.93. The second-order valence-corrected chi connectivity index (χ2v) is 10.1. The van der Waals surface area contributed by atoms with Crippen LogP contribution in [0.1, 0.15) is 43.2 Å². The Hall–Kier alpha value is -1.78. The molecule has 1 unspecified atom stereocenters. The number of nitrogens with one attached hydrogen (secondary N) is 1. The van der Waals surface area contributed by atoms with Gasteiger partial charge in [-0.2, -0.15) is 4.31 Å². The molecule has 1 atom stereocenters.